The van der Waals surface area contributed by atoms with Crippen molar-refractivity contribution in [3.63, 3.8) is 0 Å². The van der Waals surface area contributed by atoms with Crippen LogP contribution in [0.2, 0.25) is 0 Å². The van der Waals surface area contributed by atoms with E-state index >= 15 is 0 Å². The normalized spacial score (nSPS) is 10.7. The first-order chi connectivity index (χ1) is 10.3. The van der Waals surface area contributed by atoms with Crippen LogP contribution in [-0.2, 0) is 12.8 Å². The van der Waals surface area contributed by atoms with Gasteiger partial charge in [0.1, 0.15) is 0 Å². The highest BCUT2D eigenvalue weighted by molar-refractivity contribution is 6.00. The Morgan fingerprint density at radius 1 is 0.905 bits per heavy atom. The quantitative estimate of drug-likeness (QED) is 0.623. The summed E-state index contributed by atoms with van der Waals surface area (Å²) in [5, 5.41) is 2.35. The topological polar surface area (TPSA) is 17.1 Å². The van der Waals surface area contributed by atoms with E-state index in [1.807, 2.05) is 42.5 Å². The maximum Gasteiger partial charge on any atom is 0.167 e. The van der Waals surface area contributed by atoms with Crippen molar-refractivity contribution in [3.8, 4) is 0 Å². The fourth-order valence-corrected chi connectivity index (χ4v) is 2.69. The van der Waals surface area contributed by atoms with Crippen LogP contribution in [0.3, 0.4) is 0 Å². The largest absolute Gasteiger partial charge is 0.294 e. The van der Waals surface area contributed by atoms with Gasteiger partial charge in [0, 0.05) is 12.0 Å². The molecule has 21 heavy (non-hydrogen) atoms. The van der Waals surface area contributed by atoms with Crippen molar-refractivity contribution in [1.82, 2.24) is 0 Å². The molecular formula is C20H18O. The van der Waals surface area contributed by atoms with Gasteiger partial charge in [-0.15, -0.1) is 0 Å². The highest BCUT2D eigenvalue weighted by Crippen LogP contribution is 2.20. The van der Waals surface area contributed by atoms with Crippen LogP contribution < -0.4 is 0 Å². The fraction of sp³-hybridized carbons (Fsp3) is 0.150. The molecule has 0 N–H and O–H groups in total. The van der Waals surface area contributed by atoms with Crippen molar-refractivity contribution < 1.29 is 4.79 Å². The lowest BCUT2D eigenvalue weighted by atomic mass is 9.97. The van der Waals surface area contributed by atoms with E-state index in [1.54, 1.807) is 0 Å². The predicted molar refractivity (Wildman–Crippen MR) is 87.8 cm³/mol. The van der Waals surface area contributed by atoms with Crippen molar-refractivity contribution in [2.45, 2.75) is 19.8 Å². The van der Waals surface area contributed by atoms with Crippen LogP contribution in [-0.4, -0.2) is 5.78 Å². The second-order valence-corrected chi connectivity index (χ2v) is 5.29. The molecule has 3 aromatic rings. The lowest BCUT2D eigenvalue weighted by Crippen LogP contribution is -2.04. The molecule has 0 radical (unpaired) electrons. The number of hydrogen-bond acceptors (Lipinski definition) is 1. The zero-order chi connectivity index (χ0) is 14.7. The van der Waals surface area contributed by atoms with Crippen molar-refractivity contribution in [2.75, 3.05) is 0 Å². The number of aryl methyl sites for hydroxylation is 1. The molecule has 0 aliphatic heterocycles. The first-order valence-electron chi connectivity index (χ1n) is 7.36. The van der Waals surface area contributed by atoms with Gasteiger partial charge in [0.05, 0.1) is 0 Å². The van der Waals surface area contributed by atoms with Crippen LogP contribution in [0.1, 0.15) is 28.4 Å². The van der Waals surface area contributed by atoms with Gasteiger partial charge in [0.2, 0.25) is 0 Å². The summed E-state index contributed by atoms with van der Waals surface area (Å²) in [4.78, 5) is 12.5. The van der Waals surface area contributed by atoms with Crippen LogP contribution >= 0.6 is 0 Å². The lowest BCUT2D eigenvalue weighted by Gasteiger charge is -2.07. The minimum Gasteiger partial charge on any atom is -0.294 e. The van der Waals surface area contributed by atoms with E-state index in [-0.39, 0.29) is 5.78 Å². The third-order valence-corrected chi connectivity index (χ3v) is 3.89. The third-order valence-electron chi connectivity index (χ3n) is 3.89. The number of carbonyl (C=O) groups excluding carboxylic acids is 1. The molecule has 0 atom stereocenters. The van der Waals surface area contributed by atoms with Crippen LogP contribution in [0.5, 0.6) is 0 Å². The molecule has 0 saturated heterocycles. The highest BCUT2D eigenvalue weighted by Gasteiger charge is 2.09. The Balaban J connectivity index is 1.93. The Morgan fingerprint density at radius 2 is 1.67 bits per heavy atom. The minimum absolute atomic E-state index is 0.182. The van der Waals surface area contributed by atoms with Gasteiger partial charge in [-0.05, 0) is 34.4 Å². The van der Waals surface area contributed by atoms with E-state index in [0.717, 1.165) is 17.5 Å². The van der Waals surface area contributed by atoms with Gasteiger partial charge in [-0.1, -0.05) is 67.6 Å². The monoisotopic (exact) mass is 274 g/mol. The number of Topliss-reactive ketones (excluding diaryl/α,β-unsaturated/α-hetero) is 1. The molecule has 0 heterocycles. The SMILES string of the molecule is CCc1cccc(C(=O)Cc2cccc3ccccc23)c1. The van der Waals surface area contributed by atoms with E-state index < -0.39 is 0 Å². The Morgan fingerprint density at radius 3 is 2.52 bits per heavy atom. The maximum atomic E-state index is 12.5. The van der Waals surface area contributed by atoms with Gasteiger partial charge in [0.15, 0.2) is 5.78 Å². The summed E-state index contributed by atoms with van der Waals surface area (Å²) in [6, 6.07) is 22.3. The molecule has 0 aromatic heterocycles. The number of carbonyl (C=O) groups is 1. The summed E-state index contributed by atoms with van der Waals surface area (Å²) in [5.41, 5.74) is 3.11. The summed E-state index contributed by atoms with van der Waals surface area (Å²) >= 11 is 0. The summed E-state index contributed by atoms with van der Waals surface area (Å²) < 4.78 is 0. The number of benzene rings is 3. The first kappa shape index (κ1) is 13.6. The van der Waals surface area contributed by atoms with Gasteiger partial charge >= 0.3 is 0 Å². The average molecular weight is 274 g/mol. The van der Waals surface area contributed by atoms with E-state index in [1.165, 1.54) is 16.3 Å². The number of hydrogen-bond donors (Lipinski definition) is 0. The predicted octanol–water partition coefficient (Wildman–Crippen LogP) is 4.83. The third kappa shape index (κ3) is 2.87. The minimum atomic E-state index is 0.182. The van der Waals surface area contributed by atoms with Crippen LogP contribution in [0, 0.1) is 0 Å². The summed E-state index contributed by atoms with van der Waals surface area (Å²) in [6.45, 7) is 2.11. The van der Waals surface area contributed by atoms with E-state index in [2.05, 4.69) is 31.2 Å². The Hall–Kier alpha value is -2.41. The Kier molecular flexibility index (Phi) is 3.83. The van der Waals surface area contributed by atoms with Crippen LogP contribution in [0.15, 0.2) is 66.7 Å². The molecule has 0 saturated carbocycles. The molecule has 0 aliphatic carbocycles. The molecule has 0 fully saturated rings. The molecule has 1 heteroatoms. The molecule has 0 aliphatic rings. The van der Waals surface area contributed by atoms with Gasteiger partial charge in [-0.3, -0.25) is 4.79 Å². The molecule has 0 amide bonds. The first-order valence-corrected chi connectivity index (χ1v) is 7.36. The number of fused-ring (bicyclic) bond motifs is 1. The van der Waals surface area contributed by atoms with Crippen molar-refractivity contribution in [2.24, 2.45) is 0 Å². The Bertz CT molecular complexity index is 781. The molecule has 3 aromatic carbocycles. The number of rotatable bonds is 4. The van der Waals surface area contributed by atoms with Gasteiger partial charge in [-0.25, -0.2) is 0 Å². The van der Waals surface area contributed by atoms with Crippen molar-refractivity contribution >= 4 is 16.6 Å². The molecule has 0 unspecified atom stereocenters. The summed E-state index contributed by atoms with van der Waals surface area (Å²) in [7, 11) is 0. The molecule has 1 nitrogen and oxygen atoms in total. The zero-order valence-corrected chi connectivity index (χ0v) is 12.2. The van der Waals surface area contributed by atoms with E-state index in [4.69, 9.17) is 0 Å². The smallest absolute Gasteiger partial charge is 0.167 e. The van der Waals surface area contributed by atoms with Crippen molar-refractivity contribution in [1.29, 1.82) is 0 Å². The number of ketones is 1. The fourth-order valence-electron chi connectivity index (χ4n) is 2.69. The molecule has 104 valence electrons. The summed E-state index contributed by atoms with van der Waals surface area (Å²) in [5.74, 6) is 0.182. The molecular weight excluding hydrogens is 256 g/mol. The van der Waals surface area contributed by atoms with Crippen LogP contribution in [0.4, 0.5) is 0 Å². The van der Waals surface area contributed by atoms with Gasteiger partial charge in [0.25, 0.3) is 0 Å². The standard InChI is InChI=1S/C20H18O/c1-2-15-7-5-11-18(13-15)20(21)14-17-10-6-9-16-8-3-4-12-19(16)17/h3-13H,2,14H2,1H3. The second kappa shape index (κ2) is 5.92. The molecule has 0 spiro atoms. The average Bonchev–Trinajstić information content (AvgIpc) is 2.55. The van der Waals surface area contributed by atoms with E-state index in [0.29, 0.717) is 6.42 Å². The second-order valence-electron chi connectivity index (χ2n) is 5.29. The highest BCUT2D eigenvalue weighted by atomic mass is 16.1. The maximum absolute atomic E-state index is 12.5. The molecule has 0 bridgehead atoms. The van der Waals surface area contributed by atoms with E-state index in [9.17, 15) is 4.79 Å². The summed E-state index contributed by atoms with van der Waals surface area (Å²) in [6.07, 6.45) is 1.41. The zero-order valence-electron chi connectivity index (χ0n) is 12.2. The van der Waals surface area contributed by atoms with Crippen molar-refractivity contribution in [3.05, 3.63) is 83.4 Å². The lowest BCUT2D eigenvalue weighted by molar-refractivity contribution is 0.0993. The Labute approximate surface area is 125 Å². The van der Waals surface area contributed by atoms with Gasteiger partial charge in [-0.2, -0.15) is 0 Å². The van der Waals surface area contributed by atoms with Gasteiger partial charge < -0.3 is 0 Å². The van der Waals surface area contributed by atoms with Crippen LogP contribution in [0.25, 0.3) is 10.8 Å². The molecule has 3 rings (SSSR count).